The Morgan fingerprint density at radius 3 is 2.13 bits per heavy atom. The van der Waals surface area contributed by atoms with Crippen molar-refractivity contribution in [2.24, 2.45) is 0 Å². The van der Waals surface area contributed by atoms with Crippen LogP contribution in [-0.2, 0) is 16.6 Å². The number of anilines is 1. The fourth-order valence-electron chi connectivity index (χ4n) is 2.78. The zero-order chi connectivity index (χ0) is 22.9. The molecule has 0 atom stereocenters. The number of alkyl halides is 3. The van der Waals surface area contributed by atoms with Crippen LogP contribution in [0.25, 0.3) is 0 Å². The molecule has 0 saturated heterocycles. The Labute approximate surface area is 171 Å². The first-order valence-corrected chi connectivity index (χ1v) is 10.4. The standard InChI is InChI=1S/C18H22F4N4O3S/c1-10(2)13-7-12(19)8-14(11(3)4)16(13)23-17(27)25-30(28,29)15-5-6-26(24-15)9-18(20,21)22/h5-8,10-11H,9H2,1-4H3,(H2,23,25,27). The lowest BCUT2D eigenvalue weighted by Gasteiger charge is -2.20. The maximum atomic E-state index is 14.0. The number of nitrogens with one attached hydrogen (secondary N) is 2. The summed E-state index contributed by atoms with van der Waals surface area (Å²) in [6.45, 7) is 5.66. The molecule has 0 fully saturated rings. The van der Waals surface area contributed by atoms with Crippen molar-refractivity contribution in [2.75, 3.05) is 5.32 Å². The molecule has 7 nitrogen and oxygen atoms in total. The van der Waals surface area contributed by atoms with E-state index in [1.807, 2.05) is 0 Å². The first-order chi connectivity index (χ1) is 13.7. The Bertz CT molecular complexity index is 1000. The minimum absolute atomic E-state index is 0.178. The van der Waals surface area contributed by atoms with Crippen molar-refractivity contribution < 1.29 is 30.8 Å². The SMILES string of the molecule is CC(C)c1cc(F)cc(C(C)C)c1NC(=O)NS(=O)(=O)c1ccn(CC(F)(F)F)n1. The summed E-state index contributed by atoms with van der Waals surface area (Å²) in [5, 5.41) is 5.04. The lowest BCUT2D eigenvalue weighted by Crippen LogP contribution is -2.35. The number of carbonyl (C=O) groups is 1. The number of halogens is 4. The Hall–Kier alpha value is -2.63. The average Bonchev–Trinajstić information content (AvgIpc) is 3.02. The monoisotopic (exact) mass is 450 g/mol. The molecule has 2 N–H and O–H groups in total. The highest BCUT2D eigenvalue weighted by molar-refractivity contribution is 7.90. The third kappa shape index (κ3) is 5.94. The van der Waals surface area contributed by atoms with Gasteiger partial charge < -0.3 is 5.32 Å². The van der Waals surface area contributed by atoms with Gasteiger partial charge in [-0.25, -0.2) is 13.9 Å². The van der Waals surface area contributed by atoms with E-state index in [0.29, 0.717) is 15.8 Å². The molecule has 0 saturated carbocycles. The van der Waals surface area contributed by atoms with Gasteiger partial charge in [0.05, 0.1) is 0 Å². The largest absolute Gasteiger partial charge is 0.408 e. The topological polar surface area (TPSA) is 93.1 Å². The van der Waals surface area contributed by atoms with Crippen molar-refractivity contribution in [1.82, 2.24) is 14.5 Å². The number of carbonyl (C=O) groups excluding carboxylic acids is 1. The molecule has 30 heavy (non-hydrogen) atoms. The number of benzene rings is 1. The van der Waals surface area contributed by atoms with Crippen molar-refractivity contribution in [3.05, 3.63) is 41.3 Å². The van der Waals surface area contributed by atoms with Crippen LogP contribution < -0.4 is 10.0 Å². The summed E-state index contributed by atoms with van der Waals surface area (Å²) in [7, 11) is -4.52. The predicted molar refractivity (Wildman–Crippen MR) is 102 cm³/mol. The van der Waals surface area contributed by atoms with Crippen molar-refractivity contribution in [3.63, 3.8) is 0 Å². The Morgan fingerprint density at radius 2 is 1.67 bits per heavy atom. The van der Waals surface area contributed by atoms with Gasteiger partial charge in [0.15, 0.2) is 5.03 Å². The molecule has 0 unspecified atom stereocenters. The van der Waals surface area contributed by atoms with Crippen LogP contribution in [0.15, 0.2) is 29.4 Å². The highest BCUT2D eigenvalue weighted by Gasteiger charge is 2.30. The van der Waals surface area contributed by atoms with Gasteiger partial charge in [0.2, 0.25) is 0 Å². The van der Waals surface area contributed by atoms with Crippen molar-refractivity contribution >= 4 is 21.7 Å². The van der Waals surface area contributed by atoms with Gasteiger partial charge >= 0.3 is 12.2 Å². The molecule has 2 rings (SSSR count). The molecule has 0 aliphatic rings. The second kappa shape index (κ2) is 8.62. The maximum Gasteiger partial charge on any atom is 0.408 e. The summed E-state index contributed by atoms with van der Waals surface area (Å²) >= 11 is 0. The zero-order valence-electron chi connectivity index (χ0n) is 16.7. The molecular weight excluding hydrogens is 428 g/mol. The second-order valence-electron chi connectivity index (χ2n) is 7.29. The van der Waals surface area contributed by atoms with E-state index in [2.05, 4.69) is 10.4 Å². The summed E-state index contributed by atoms with van der Waals surface area (Å²) in [5.74, 6) is -0.845. The molecule has 0 spiro atoms. The van der Waals surface area contributed by atoms with Gasteiger partial charge in [0.1, 0.15) is 12.4 Å². The molecule has 0 aliphatic carbocycles. The van der Waals surface area contributed by atoms with Gasteiger partial charge in [-0.2, -0.15) is 26.7 Å². The quantitative estimate of drug-likeness (QED) is 0.641. The summed E-state index contributed by atoms with van der Waals surface area (Å²) in [5.41, 5.74) is 1.22. The third-order valence-corrected chi connectivity index (χ3v) is 5.33. The van der Waals surface area contributed by atoms with Crippen molar-refractivity contribution in [3.8, 4) is 0 Å². The first kappa shape index (κ1) is 23.6. The number of nitrogens with zero attached hydrogens (tertiary/aromatic N) is 2. The van der Waals surface area contributed by atoms with E-state index >= 15 is 0 Å². The molecule has 0 bridgehead atoms. The fraction of sp³-hybridized carbons (Fsp3) is 0.444. The van der Waals surface area contributed by atoms with Crippen LogP contribution >= 0.6 is 0 Å². The molecular formula is C18H22F4N4O3S. The minimum atomic E-state index is -4.58. The number of rotatable bonds is 6. The van der Waals surface area contributed by atoms with Gasteiger partial charge in [-0.3, -0.25) is 4.68 Å². The molecule has 0 radical (unpaired) electrons. The highest BCUT2D eigenvalue weighted by atomic mass is 32.2. The van der Waals surface area contributed by atoms with Crippen LogP contribution in [-0.4, -0.2) is 30.4 Å². The van der Waals surface area contributed by atoms with Gasteiger partial charge in [0, 0.05) is 11.9 Å². The van der Waals surface area contributed by atoms with E-state index in [1.54, 1.807) is 32.4 Å². The Balaban J connectivity index is 2.27. The molecule has 1 heterocycles. The van der Waals surface area contributed by atoms with Crippen LogP contribution in [0.2, 0.25) is 0 Å². The van der Waals surface area contributed by atoms with Crippen molar-refractivity contribution in [2.45, 2.75) is 57.3 Å². The normalized spacial score (nSPS) is 12.5. The van der Waals surface area contributed by atoms with Gasteiger partial charge in [-0.15, -0.1) is 0 Å². The zero-order valence-corrected chi connectivity index (χ0v) is 17.5. The summed E-state index contributed by atoms with van der Waals surface area (Å²) in [4.78, 5) is 12.4. The summed E-state index contributed by atoms with van der Waals surface area (Å²) in [6.07, 6.45) is -3.74. The number of urea groups is 1. The third-order valence-electron chi connectivity index (χ3n) is 4.11. The van der Waals surface area contributed by atoms with Gasteiger partial charge in [-0.05, 0) is 41.2 Å². The van der Waals surface area contributed by atoms with E-state index in [0.717, 1.165) is 12.3 Å². The first-order valence-electron chi connectivity index (χ1n) is 8.97. The molecule has 2 amide bonds. The maximum absolute atomic E-state index is 14.0. The highest BCUT2D eigenvalue weighted by Crippen LogP contribution is 2.33. The number of hydrogen-bond acceptors (Lipinski definition) is 4. The van der Waals surface area contributed by atoms with Gasteiger partial charge in [0.25, 0.3) is 10.0 Å². The Morgan fingerprint density at radius 1 is 1.13 bits per heavy atom. The van der Waals surface area contributed by atoms with E-state index in [9.17, 15) is 30.8 Å². The number of aromatic nitrogens is 2. The number of sulfonamides is 1. The van der Waals surface area contributed by atoms with Crippen LogP contribution in [0, 0.1) is 5.82 Å². The summed E-state index contributed by atoms with van der Waals surface area (Å²) < 4.78 is 78.0. The molecule has 0 aliphatic heterocycles. The van der Waals surface area contributed by atoms with E-state index in [-0.39, 0.29) is 17.5 Å². The van der Waals surface area contributed by atoms with Crippen molar-refractivity contribution in [1.29, 1.82) is 0 Å². The smallest absolute Gasteiger partial charge is 0.307 e. The molecule has 1 aromatic carbocycles. The predicted octanol–water partition coefficient (Wildman–Crippen LogP) is 4.34. The van der Waals surface area contributed by atoms with Crippen LogP contribution in [0.4, 0.5) is 28.0 Å². The van der Waals surface area contributed by atoms with Crippen LogP contribution in [0.5, 0.6) is 0 Å². The summed E-state index contributed by atoms with van der Waals surface area (Å²) in [6, 6.07) is 2.20. The van der Waals surface area contributed by atoms with E-state index < -0.39 is 39.6 Å². The fourth-order valence-corrected chi connectivity index (χ4v) is 3.63. The van der Waals surface area contributed by atoms with E-state index in [1.165, 1.54) is 12.1 Å². The molecule has 166 valence electrons. The van der Waals surface area contributed by atoms with Gasteiger partial charge in [-0.1, -0.05) is 27.7 Å². The van der Waals surface area contributed by atoms with E-state index in [4.69, 9.17) is 0 Å². The van der Waals surface area contributed by atoms with Crippen LogP contribution in [0.1, 0.15) is 50.7 Å². The lowest BCUT2D eigenvalue weighted by molar-refractivity contribution is -0.142. The minimum Gasteiger partial charge on any atom is -0.307 e. The number of hydrogen-bond donors (Lipinski definition) is 2. The average molecular weight is 450 g/mol. The molecule has 2 aromatic rings. The van der Waals surface area contributed by atoms with Crippen LogP contribution in [0.3, 0.4) is 0 Å². The second-order valence-corrected chi connectivity index (χ2v) is 8.92. The Kier molecular flexibility index (Phi) is 6.80. The molecule has 1 aromatic heterocycles. The lowest BCUT2D eigenvalue weighted by atomic mass is 9.92. The number of amides is 2. The molecule has 12 heteroatoms.